The van der Waals surface area contributed by atoms with Crippen LogP contribution >= 0.6 is 0 Å². The molecule has 1 rings (SSSR count). The quantitative estimate of drug-likeness (QED) is 0.708. The molecule has 0 spiro atoms. The maximum atomic E-state index is 9.82. The van der Waals surface area contributed by atoms with E-state index in [1.54, 1.807) is 0 Å². The highest BCUT2D eigenvalue weighted by molar-refractivity contribution is 5.40. The van der Waals surface area contributed by atoms with E-state index < -0.39 is 0 Å². The molecule has 0 fully saturated rings. The zero-order valence-electron chi connectivity index (χ0n) is 9.17. The molecule has 0 amide bonds. The summed E-state index contributed by atoms with van der Waals surface area (Å²) in [5, 5.41) is 9.82. The minimum atomic E-state index is -0.00318. The zero-order valence-corrected chi connectivity index (χ0v) is 9.17. The van der Waals surface area contributed by atoms with E-state index in [1.165, 1.54) is 0 Å². The molecule has 0 heterocycles. The van der Waals surface area contributed by atoms with Crippen LogP contribution < -0.4 is 0 Å². The summed E-state index contributed by atoms with van der Waals surface area (Å²) in [5.41, 5.74) is 2.09. The van der Waals surface area contributed by atoms with E-state index in [9.17, 15) is 5.11 Å². The molecule has 1 aromatic rings. The number of benzene rings is 1. The van der Waals surface area contributed by atoms with Gasteiger partial charge < -0.3 is 5.11 Å². The van der Waals surface area contributed by atoms with Crippen LogP contribution in [0.4, 0.5) is 0 Å². The Kier molecular flexibility index (Phi) is 3.00. The van der Waals surface area contributed by atoms with Crippen LogP contribution in [0.3, 0.4) is 0 Å². The van der Waals surface area contributed by atoms with Gasteiger partial charge in [0.1, 0.15) is 5.75 Å². The van der Waals surface area contributed by atoms with Gasteiger partial charge in [0.15, 0.2) is 0 Å². The van der Waals surface area contributed by atoms with Gasteiger partial charge >= 0.3 is 0 Å². The zero-order chi connectivity index (χ0) is 10.8. The third kappa shape index (κ3) is 2.38. The van der Waals surface area contributed by atoms with E-state index in [0.29, 0.717) is 5.75 Å². The number of hydrogen-bond donors (Lipinski definition) is 1. The van der Waals surface area contributed by atoms with Gasteiger partial charge in [0.2, 0.25) is 0 Å². The van der Waals surface area contributed by atoms with Crippen molar-refractivity contribution < 1.29 is 5.11 Å². The van der Waals surface area contributed by atoms with Crippen LogP contribution in [-0.4, -0.2) is 5.11 Å². The normalized spacial score (nSPS) is 11.4. The molecule has 14 heavy (non-hydrogen) atoms. The van der Waals surface area contributed by atoms with E-state index in [-0.39, 0.29) is 5.41 Å². The van der Waals surface area contributed by atoms with Crippen molar-refractivity contribution in [3.8, 4) is 5.75 Å². The minimum absolute atomic E-state index is 0.00318. The fourth-order valence-corrected chi connectivity index (χ4v) is 1.51. The lowest BCUT2D eigenvalue weighted by Gasteiger charge is -2.20. The average molecular weight is 190 g/mol. The first-order valence-corrected chi connectivity index (χ1v) is 4.88. The van der Waals surface area contributed by atoms with Gasteiger partial charge in [-0.15, -0.1) is 6.58 Å². The molecule has 1 aromatic carbocycles. The van der Waals surface area contributed by atoms with Gasteiger partial charge in [0.05, 0.1) is 0 Å². The molecule has 0 aliphatic rings. The van der Waals surface area contributed by atoms with E-state index in [0.717, 1.165) is 17.5 Å². The predicted octanol–water partition coefficient (Wildman–Crippen LogP) is 3.42. The molecule has 1 N–H and O–H groups in total. The SMILES string of the molecule is C=CCc1ccc(C(C)(C)C)c(O)c1. The summed E-state index contributed by atoms with van der Waals surface area (Å²) < 4.78 is 0. The Hall–Kier alpha value is -1.24. The van der Waals surface area contributed by atoms with Crippen LogP contribution in [0.15, 0.2) is 30.9 Å². The van der Waals surface area contributed by atoms with E-state index in [4.69, 9.17) is 0 Å². The Balaban J connectivity index is 3.07. The van der Waals surface area contributed by atoms with Crippen molar-refractivity contribution >= 4 is 0 Å². The number of hydrogen-bond acceptors (Lipinski definition) is 1. The number of phenols is 1. The number of rotatable bonds is 2. The van der Waals surface area contributed by atoms with Crippen molar-refractivity contribution in [2.75, 3.05) is 0 Å². The minimum Gasteiger partial charge on any atom is -0.508 e. The topological polar surface area (TPSA) is 20.2 Å². The first-order valence-electron chi connectivity index (χ1n) is 4.88. The molecule has 0 saturated heterocycles. The van der Waals surface area contributed by atoms with E-state index in [2.05, 4.69) is 27.4 Å². The third-order valence-corrected chi connectivity index (χ3v) is 2.25. The molecule has 0 aromatic heterocycles. The van der Waals surface area contributed by atoms with Crippen molar-refractivity contribution in [3.05, 3.63) is 42.0 Å². The smallest absolute Gasteiger partial charge is 0.119 e. The molecule has 1 nitrogen and oxygen atoms in total. The second kappa shape index (κ2) is 3.87. The average Bonchev–Trinajstić information content (AvgIpc) is 2.02. The maximum Gasteiger partial charge on any atom is 0.119 e. The highest BCUT2D eigenvalue weighted by Crippen LogP contribution is 2.31. The molecule has 0 unspecified atom stereocenters. The van der Waals surface area contributed by atoms with Gasteiger partial charge in [0.25, 0.3) is 0 Å². The fraction of sp³-hybridized carbons (Fsp3) is 0.385. The Labute approximate surface area is 86.1 Å². The first kappa shape index (κ1) is 10.8. The van der Waals surface area contributed by atoms with Crippen LogP contribution in [0.1, 0.15) is 31.9 Å². The molecule has 0 atom stereocenters. The lowest BCUT2D eigenvalue weighted by atomic mass is 9.85. The summed E-state index contributed by atoms with van der Waals surface area (Å²) >= 11 is 0. The molecule has 0 bridgehead atoms. The van der Waals surface area contributed by atoms with Crippen LogP contribution in [0.2, 0.25) is 0 Å². The third-order valence-electron chi connectivity index (χ3n) is 2.25. The Morgan fingerprint density at radius 2 is 2.00 bits per heavy atom. The largest absolute Gasteiger partial charge is 0.508 e. The molecular weight excluding hydrogens is 172 g/mol. The highest BCUT2D eigenvalue weighted by atomic mass is 16.3. The molecule has 0 saturated carbocycles. The number of allylic oxidation sites excluding steroid dienone is 1. The van der Waals surface area contributed by atoms with Gasteiger partial charge in [-0.05, 0) is 29.0 Å². The van der Waals surface area contributed by atoms with E-state index >= 15 is 0 Å². The van der Waals surface area contributed by atoms with Crippen LogP contribution in [-0.2, 0) is 11.8 Å². The summed E-state index contributed by atoms with van der Waals surface area (Å²) in [4.78, 5) is 0. The monoisotopic (exact) mass is 190 g/mol. The Morgan fingerprint density at radius 3 is 2.43 bits per heavy atom. The summed E-state index contributed by atoms with van der Waals surface area (Å²) in [6.45, 7) is 9.95. The molecular formula is C13H18O. The molecule has 0 aliphatic heterocycles. The first-order chi connectivity index (χ1) is 6.45. The van der Waals surface area contributed by atoms with Crippen LogP contribution in [0, 0.1) is 0 Å². The summed E-state index contributed by atoms with van der Waals surface area (Å²) in [7, 11) is 0. The summed E-state index contributed by atoms with van der Waals surface area (Å²) in [5.74, 6) is 0.386. The van der Waals surface area contributed by atoms with Gasteiger partial charge in [0, 0.05) is 0 Å². The second-order valence-corrected chi connectivity index (χ2v) is 4.59. The van der Waals surface area contributed by atoms with Gasteiger partial charge in [-0.25, -0.2) is 0 Å². The van der Waals surface area contributed by atoms with Gasteiger partial charge in [-0.1, -0.05) is 39.0 Å². The number of phenolic OH excluding ortho intramolecular Hbond substituents is 1. The lowest BCUT2D eigenvalue weighted by Crippen LogP contribution is -2.11. The Morgan fingerprint density at radius 1 is 1.36 bits per heavy atom. The van der Waals surface area contributed by atoms with Gasteiger partial charge in [-0.3, -0.25) is 0 Å². The molecule has 0 aliphatic carbocycles. The maximum absolute atomic E-state index is 9.82. The van der Waals surface area contributed by atoms with Gasteiger partial charge in [-0.2, -0.15) is 0 Å². The lowest BCUT2D eigenvalue weighted by molar-refractivity contribution is 0.446. The molecule has 0 radical (unpaired) electrons. The highest BCUT2D eigenvalue weighted by Gasteiger charge is 2.17. The summed E-state index contributed by atoms with van der Waals surface area (Å²) in [6, 6.07) is 5.86. The second-order valence-electron chi connectivity index (χ2n) is 4.59. The van der Waals surface area contributed by atoms with Crippen LogP contribution in [0.25, 0.3) is 0 Å². The van der Waals surface area contributed by atoms with E-state index in [1.807, 2.05) is 24.3 Å². The fourth-order valence-electron chi connectivity index (χ4n) is 1.51. The van der Waals surface area contributed by atoms with Crippen molar-refractivity contribution in [1.82, 2.24) is 0 Å². The van der Waals surface area contributed by atoms with Crippen molar-refractivity contribution in [3.63, 3.8) is 0 Å². The van der Waals surface area contributed by atoms with Crippen molar-refractivity contribution in [2.45, 2.75) is 32.6 Å². The standard InChI is InChI=1S/C13H18O/c1-5-6-10-7-8-11(12(14)9-10)13(2,3)4/h5,7-9,14H,1,6H2,2-4H3. The van der Waals surface area contributed by atoms with Crippen molar-refractivity contribution in [2.24, 2.45) is 0 Å². The Bertz CT molecular complexity index is 332. The number of aromatic hydroxyl groups is 1. The molecule has 76 valence electrons. The predicted molar refractivity (Wildman–Crippen MR) is 60.7 cm³/mol. The summed E-state index contributed by atoms with van der Waals surface area (Å²) in [6.07, 6.45) is 2.64. The molecule has 1 heteroatoms. The van der Waals surface area contributed by atoms with Crippen molar-refractivity contribution in [1.29, 1.82) is 0 Å². The van der Waals surface area contributed by atoms with Crippen LogP contribution in [0.5, 0.6) is 5.75 Å².